The molecular weight excluding hydrogens is 293 g/mol. The smallest absolute Gasteiger partial charge is 0.145 e. The maximum Gasteiger partial charge on any atom is 0.145 e. The van der Waals surface area contributed by atoms with E-state index in [1.54, 1.807) is 18.3 Å². The topological polar surface area (TPSA) is 34.7 Å². The van der Waals surface area contributed by atoms with Gasteiger partial charge in [0.2, 0.25) is 0 Å². The summed E-state index contributed by atoms with van der Waals surface area (Å²) in [7, 11) is 0. The van der Waals surface area contributed by atoms with Crippen LogP contribution in [0.3, 0.4) is 0 Å². The number of nitrogens with zero attached hydrogens (tertiary/aromatic N) is 1. The average Bonchev–Trinajstić information content (AvgIpc) is 3.04. The largest absolute Gasteiger partial charge is 0.494 e. The molecule has 0 bridgehead atoms. The standard InChI is InChI=1S/C19H16FNO2/c1-2-22-17-9-7-16(8-10-17)21-13-18-11-12-19(23-18)14-3-5-15(20)6-4-14/h3-13H,2H2,1H3. The molecule has 3 rings (SSSR count). The molecular formula is C19H16FNO2. The van der Waals surface area contributed by atoms with Crippen LogP contribution in [0.15, 0.2) is 70.1 Å². The molecule has 3 nitrogen and oxygen atoms in total. The van der Waals surface area contributed by atoms with Crippen molar-refractivity contribution in [3.05, 3.63) is 72.2 Å². The van der Waals surface area contributed by atoms with Crippen molar-refractivity contribution in [1.29, 1.82) is 0 Å². The van der Waals surface area contributed by atoms with E-state index in [4.69, 9.17) is 9.15 Å². The Bertz CT molecular complexity index is 789. The van der Waals surface area contributed by atoms with E-state index >= 15 is 0 Å². The van der Waals surface area contributed by atoms with E-state index in [-0.39, 0.29) is 5.82 Å². The van der Waals surface area contributed by atoms with E-state index in [1.807, 2.05) is 43.3 Å². The molecule has 0 amide bonds. The highest BCUT2D eigenvalue weighted by Crippen LogP contribution is 2.22. The number of halogens is 1. The molecule has 0 aliphatic rings. The fraction of sp³-hybridized carbons (Fsp3) is 0.105. The van der Waals surface area contributed by atoms with Crippen LogP contribution in [0, 0.1) is 5.82 Å². The lowest BCUT2D eigenvalue weighted by molar-refractivity contribution is 0.340. The number of aliphatic imine (C=N–C) groups is 1. The van der Waals surface area contributed by atoms with Gasteiger partial charge in [-0.2, -0.15) is 0 Å². The second-order valence-corrected chi connectivity index (χ2v) is 4.89. The predicted molar refractivity (Wildman–Crippen MR) is 89.0 cm³/mol. The Hall–Kier alpha value is -2.88. The normalized spacial score (nSPS) is 11.0. The molecule has 0 spiro atoms. The molecule has 0 saturated heterocycles. The van der Waals surface area contributed by atoms with E-state index in [9.17, 15) is 4.39 Å². The van der Waals surface area contributed by atoms with Crippen LogP contribution in [0.5, 0.6) is 5.75 Å². The summed E-state index contributed by atoms with van der Waals surface area (Å²) < 4.78 is 24.0. The van der Waals surface area contributed by atoms with Crippen LogP contribution >= 0.6 is 0 Å². The molecule has 1 heterocycles. The van der Waals surface area contributed by atoms with Gasteiger partial charge in [0.15, 0.2) is 0 Å². The molecule has 0 N–H and O–H groups in total. The monoisotopic (exact) mass is 309 g/mol. The Morgan fingerprint density at radius 3 is 2.43 bits per heavy atom. The molecule has 2 aromatic carbocycles. The molecule has 116 valence electrons. The fourth-order valence-corrected chi connectivity index (χ4v) is 2.12. The molecule has 0 aliphatic heterocycles. The minimum absolute atomic E-state index is 0.266. The summed E-state index contributed by atoms with van der Waals surface area (Å²) in [6, 6.07) is 17.4. The molecule has 0 aliphatic carbocycles. The minimum Gasteiger partial charge on any atom is -0.494 e. The van der Waals surface area contributed by atoms with Gasteiger partial charge in [0.25, 0.3) is 0 Å². The molecule has 23 heavy (non-hydrogen) atoms. The highest BCUT2D eigenvalue weighted by atomic mass is 19.1. The zero-order valence-corrected chi connectivity index (χ0v) is 12.7. The highest BCUT2D eigenvalue weighted by Gasteiger charge is 2.03. The van der Waals surface area contributed by atoms with Crippen LogP contribution in [0.1, 0.15) is 12.7 Å². The molecule has 3 aromatic rings. The predicted octanol–water partition coefficient (Wildman–Crippen LogP) is 5.24. The van der Waals surface area contributed by atoms with Gasteiger partial charge >= 0.3 is 0 Å². The third kappa shape index (κ3) is 3.86. The fourth-order valence-electron chi connectivity index (χ4n) is 2.12. The van der Waals surface area contributed by atoms with Gasteiger partial charge in [0.05, 0.1) is 18.5 Å². The van der Waals surface area contributed by atoms with Gasteiger partial charge in [-0.25, -0.2) is 4.39 Å². The lowest BCUT2D eigenvalue weighted by Gasteiger charge is -2.01. The van der Waals surface area contributed by atoms with Crippen molar-refractivity contribution in [2.45, 2.75) is 6.92 Å². The lowest BCUT2D eigenvalue weighted by atomic mass is 10.2. The number of hydrogen-bond donors (Lipinski definition) is 0. The molecule has 1 aromatic heterocycles. The summed E-state index contributed by atoms with van der Waals surface area (Å²) in [6.45, 7) is 2.59. The van der Waals surface area contributed by atoms with Crippen molar-refractivity contribution in [2.75, 3.05) is 6.61 Å². The molecule has 0 fully saturated rings. The van der Waals surface area contributed by atoms with Gasteiger partial charge in [-0.1, -0.05) is 0 Å². The van der Waals surface area contributed by atoms with Gasteiger partial charge < -0.3 is 9.15 Å². The summed E-state index contributed by atoms with van der Waals surface area (Å²) in [5.41, 5.74) is 1.64. The number of benzene rings is 2. The molecule has 0 saturated carbocycles. The van der Waals surface area contributed by atoms with Crippen LogP contribution in [0.2, 0.25) is 0 Å². The number of ether oxygens (including phenoxy) is 1. The zero-order chi connectivity index (χ0) is 16.1. The Kier molecular flexibility index (Phi) is 4.52. The first kappa shape index (κ1) is 15.0. The summed E-state index contributed by atoms with van der Waals surface area (Å²) in [6.07, 6.45) is 1.66. The molecule has 4 heteroatoms. The highest BCUT2D eigenvalue weighted by molar-refractivity contribution is 5.79. The Morgan fingerprint density at radius 1 is 1.00 bits per heavy atom. The van der Waals surface area contributed by atoms with E-state index in [0.29, 0.717) is 18.1 Å². The van der Waals surface area contributed by atoms with Crippen LogP contribution in [0.25, 0.3) is 11.3 Å². The van der Waals surface area contributed by atoms with Crippen LogP contribution in [-0.2, 0) is 0 Å². The van der Waals surface area contributed by atoms with E-state index in [1.165, 1.54) is 12.1 Å². The Labute approximate surface area is 134 Å². The maximum atomic E-state index is 12.9. The van der Waals surface area contributed by atoms with Crippen LogP contribution in [-0.4, -0.2) is 12.8 Å². The van der Waals surface area contributed by atoms with Crippen molar-refractivity contribution in [2.24, 2.45) is 4.99 Å². The number of rotatable bonds is 5. The number of hydrogen-bond acceptors (Lipinski definition) is 3. The molecule has 0 atom stereocenters. The van der Waals surface area contributed by atoms with Gasteiger partial charge in [0.1, 0.15) is 23.1 Å². The summed E-state index contributed by atoms with van der Waals surface area (Å²) >= 11 is 0. The molecule has 0 radical (unpaired) electrons. The third-order valence-corrected chi connectivity index (χ3v) is 3.24. The van der Waals surface area contributed by atoms with Crippen molar-refractivity contribution >= 4 is 11.9 Å². The Balaban J connectivity index is 1.72. The van der Waals surface area contributed by atoms with Gasteiger partial charge in [-0.3, -0.25) is 4.99 Å². The second-order valence-electron chi connectivity index (χ2n) is 4.89. The first-order valence-electron chi connectivity index (χ1n) is 7.37. The lowest BCUT2D eigenvalue weighted by Crippen LogP contribution is -1.89. The first-order chi connectivity index (χ1) is 11.2. The minimum atomic E-state index is -0.266. The molecule has 0 unspecified atom stereocenters. The second kappa shape index (κ2) is 6.92. The van der Waals surface area contributed by atoms with Gasteiger partial charge in [0, 0.05) is 5.56 Å². The summed E-state index contributed by atoms with van der Waals surface area (Å²) in [4.78, 5) is 4.36. The van der Waals surface area contributed by atoms with Crippen molar-refractivity contribution in [1.82, 2.24) is 0 Å². The van der Waals surface area contributed by atoms with Crippen molar-refractivity contribution < 1.29 is 13.5 Å². The van der Waals surface area contributed by atoms with Gasteiger partial charge in [-0.05, 0) is 67.6 Å². The zero-order valence-electron chi connectivity index (χ0n) is 12.7. The SMILES string of the molecule is CCOc1ccc(N=Cc2ccc(-c3ccc(F)cc3)o2)cc1. The maximum absolute atomic E-state index is 12.9. The van der Waals surface area contributed by atoms with E-state index in [2.05, 4.69) is 4.99 Å². The summed E-state index contributed by atoms with van der Waals surface area (Å²) in [5, 5.41) is 0. The third-order valence-electron chi connectivity index (χ3n) is 3.24. The van der Waals surface area contributed by atoms with E-state index in [0.717, 1.165) is 17.0 Å². The van der Waals surface area contributed by atoms with E-state index < -0.39 is 0 Å². The summed E-state index contributed by atoms with van der Waals surface area (Å²) in [5.74, 6) is 1.87. The van der Waals surface area contributed by atoms with Crippen LogP contribution < -0.4 is 4.74 Å². The van der Waals surface area contributed by atoms with Crippen LogP contribution in [0.4, 0.5) is 10.1 Å². The van der Waals surface area contributed by atoms with Crippen molar-refractivity contribution in [3.8, 4) is 17.1 Å². The van der Waals surface area contributed by atoms with Gasteiger partial charge in [-0.15, -0.1) is 0 Å². The average molecular weight is 309 g/mol. The first-order valence-corrected chi connectivity index (χ1v) is 7.37. The quantitative estimate of drug-likeness (QED) is 0.604. The van der Waals surface area contributed by atoms with Crippen molar-refractivity contribution in [3.63, 3.8) is 0 Å². The number of furan rings is 1. The Morgan fingerprint density at radius 2 is 1.74 bits per heavy atom.